The van der Waals surface area contributed by atoms with Gasteiger partial charge in [0.15, 0.2) is 0 Å². The second-order valence-corrected chi connectivity index (χ2v) is 7.05. The maximum absolute atomic E-state index is 12.9. The molecule has 1 fully saturated rings. The van der Waals surface area contributed by atoms with E-state index in [1.165, 1.54) is 0 Å². The zero-order valence-electron chi connectivity index (χ0n) is 14.4. The number of carbonyl (C=O) groups is 2. The summed E-state index contributed by atoms with van der Waals surface area (Å²) in [5.41, 5.74) is 9.45. The number of likely N-dealkylation sites (tertiary alicyclic amines) is 1. The van der Waals surface area contributed by atoms with Gasteiger partial charge in [0.2, 0.25) is 11.8 Å². The Morgan fingerprint density at radius 1 is 1.32 bits per heavy atom. The lowest BCUT2D eigenvalue weighted by Gasteiger charge is -2.38. The molecule has 2 aromatic rings. The number of nitrogens with one attached hydrogen (secondary N) is 1. The van der Waals surface area contributed by atoms with Crippen molar-refractivity contribution in [1.29, 1.82) is 0 Å². The van der Waals surface area contributed by atoms with Gasteiger partial charge in [0.25, 0.3) is 0 Å². The lowest BCUT2D eigenvalue weighted by Crippen LogP contribution is -2.51. The maximum atomic E-state index is 12.9. The summed E-state index contributed by atoms with van der Waals surface area (Å²) in [4.78, 5) is 28.2. The fourth-order valence-corrected chi connectivity index (χ4v) is 4.09. The van der Waals surface area contributed by atoms with Crippen LogP contribution >= 0.6 is 0 Å². The molecule has 0 radical (unpaired) electrons. The van der Waals surface area contributed by atoms with Crippen LogP contribution in [0.3, 0.4) is 0 Å². The molecule has 0 saturated carbocycles. The molecule has 1 aromatic carbocycles. The van der Waals surface area contributed by atoms with Crippen molar-refractivity contribution in [2.75, 3.05) is 13.1 Å². The number of carbonyl (C=O) groups excluding carboxylic acids is 2. The zero-order chi connectivity index (χ0) is 17.6. The van der Waals surface area contributed by atoms with Gasteiger partial charge >= 0.3 is 0 Å². The van der Waals surface area contributed by atoms with Crippen LogP contribution in [0.15, 0.2) is 18.3 Å². The van der Waals surface area contributed by atoms with Crippen molar-refractivity contribution >= 4 is 22.7 Å². The standard InChI is InChI=1S/C18H23N5O2/c1-11(24)22-6-4-13(5-7-22)23-10-15-12(8-16(19)18(23)25)2-3-17-14(15)9-20-21-17/h2-3,9,13,16H,4-8,10,19H2,1H3,(H,20,21). The molecule has 25 heavy (non-hydrogen) atoms. The molecule has 3 heterocycles. The summed E-state index contributed by atoms with van der Waals surface area (Å²) >= 11 is 0. The number of aromatic amines is 1. The van der Waals surface area contributed by atoms with Gasteiger partial charge in [0, 0.05) is 38.0 Å². The second kappa shape index (κ2) is 6.15. The normalized spacial score (nSPS) is 22.2. The van der Waals surface area contributed by atoms with E-state index >= 15 is 0 Å². The average molecular weight is 341 g/mol. The van der Waals surface area contributed by atoms with Gasteiger partial charge in [-0.1, -0.05) is 6.07 Å². The lowest BCUT2D eigenvalue weighted by molar-refractivity contribution is -0.137. The molecule has 1 atom stereocenters. The van der Waals surface area contributed by atoms with Crippen LogP contribution in [0, 0.1) is 0 Å². The highest BCUT2D eigenvalue weighted by Crippen LogP contribution is 2.29. The summed E-state index contributed by atoms with van der Waals surface area (Å²) in [5.74, 6) is 0.108. The van der Waals surface area contributed by atoms with Gasteiger partial charge in [-0.05, 0) is 36.5 Å². The minimum atomic E-state index is -0.517. The van der Waals surface area contributed by atoms with E-state index in [0.717, 1.165) is 34.9 Å². The Bertz CT molecular complexity index is 822. The van der Waals surface area contributed by atoms with Gasteiger partial charge in [0.05, 0.1) is 17.8 Å². The molecule has 3 N–H and O–H groups in total. The Kier molecular flexibility index (Phi) is 3.95. The second-order valence-electron chi connectivity index (χ2n) is 7.05. The van der Waals surface area contributed by atoms with E-state index in [4.69, 9.17) is 5.73 Å². The summed E-state index contributed by atoms with van der Waals surface area (Å²) in [7, 11) is 0. The number of H-pyrrole nitrogens is 1. The van der Waals surface area contributed by atoms with Gasteiger partial charge in [-0.25, -0.2) is 0 Å². The fraction of sp³-hybridized carbons (Fsp3) is 0.500. The number of nitrogens with zero attached hydrogens (tertiary/aromatic N) is 3. The summed E-state index contributed by atoms with van der Waals surface area (Å²) in [5, 5.41) is 8.20. The van der Waals surface area contributed by atoms with Gasteiger partial charge in [0.1, 0.15) is 0 Å². The number of benzene rings is 1. The third-order valence-electron chi connectivity index (χ3n) is 5.55. The van der Waals surface area contributed by atoms with Crippen LogP contribution in [0.25, 0.3) is 10.9 Å². The van der Waals surface area contributed by atoms with E-state index in [-0.39, 0.29) is 17.9 Å². The minimum Gasteiger partial charge on any atom is -0.343 e. The first-order valence-corrected chi connectivity index (χ1v) is 8.80. The molecule has 1 aromatic heterocycles. The van der Waals surface area contributed by atoms with E-state index in [2.05, 4.69) is 10.2 Å². The van der Waals surface area contributed by atoms with E-state index in [1.807, 2.05) is 28.1 Å². The predicted molar refractivity (Wildman–Crippen MR) is 93.6 cm³/mol. The van der Waals surface area contributed by atoms with Crippen molar-refractivity contribution in [2.45, 2.75) is 44.8 Å². The van der Waals surface area contributed by atoms with E-state index in [1.54, 1.807) is 6.92 Å². The molecular formula is C18H23N5O2. The van der Waals surface area contributed by atoms with Crippen LogP contribution in [-0.4, -0.2) is 57.0 Å². The molecule has 0 spiro atoms. The maximum Gasteiger partial charge on any atom is 0.240 e. The van der Waals surface area contributed by atoms with Crippen molar-refractivity contribution in [2.24, 2.45) is 5.73 Å². The number of piperidine rings is 1. The molecule has 1 unspecified atom stereocenters. The van der Waals surface area contributed by atoms with Crippen molar-refractivity contribution in [3.63, 3.8) is 0 Å². The first-order chi connectivity index (χ1) is 12.0. The largest absolute Gasteiger partial charge is 0.343 e. The Hall–Kier alpha value is -2.41. The van der Waals surface area contributed by atoms with Crippen LogP contribution in [0.4, 0.5) is 0 Å². The van der Waals surface area contributed by atoms with Crippen molar-refractivity contribution in [3.8, 4) is 0 Å². The summed E-state index contributed by atoms with van der Waals surface area (Å²) in [6.45, 7) is 3.55. The summed E-state index contributed by atoms with van der Waals surface area (Å²) < 4.78 is 0. The Balaban J connectivity index is 1.65. The molecule has 0 aliphatic carbocycles. The summed E-state index contributed by atoms with van der Waals surface area (Å²) in [6, 6.07) is 3.66. The van der Waals surface area contributed by atoms with Gasteiger partial charge in [-0.2, -0.15) is 5.10 Å². The predicted octanol–water partition coefficient (Wildman–Crippen LogP) is 0.786. The van der Waals surface area contributed by atoms with E-state index in [0.29, 0.717) is 26.1 Å². The number of rotatable bonds is 1. The van der Waals surface area contributed by atoms with Crippen LogP contribution < -0.4 is 5.73 Å². The van der Waals surface area contributed by atoms with Crippen LogP contribution in [0.1, 0.15) is 30.9 Å². The number of amides is 2. The number of aromatic nitrogens is 2. The van der Waals surface area contributed by atoms with Gasteiger partial charge < -0.3 is 15.5 Å². The smallest absolute Gasteiger partial charge is 0.240 e. The molecule has 7 heteroatoms. The highest BCUT2D eigenvalue weighted by molar-refractivity contribution is 5.87. The summed E-state index contributed by atoms with van der Waals surface area (Å²) in [6.07, 6.45) is 3.98. The first kappa shape index (κ1) is 16.1. The fourth-order valence-electron chi connectivity index (χ4n) is 4.09. The molecule has 132 valence electrons. The SMILES string of the molecule is CC(=O)N1CCC(N2Cc3c(ccc4[nH]ncc34)CC(N)C2=O)CC1. The van der Waals surface area contributed by atoms with Crippen molar-refractivity contribution < 1.29 is 9.59 Å². The topological polar surface area (TPSA) is 95.3 Å². The minimum absolute atomic E-state index is 0.00844. The lowest BCUT2D eigenvalue weighted by atomic mass is 9.99. The Morgan fingerprint density at radius 3 is 2.80 bits per heavy atom. The number of hydrogen-bond donors (Lipinski definition) is 2. The van der Waals surface area contributed by atoms with Crippen molar-refractivity contribution in [3.05, 3.63) is 29.5 Å². The van der Waals surface area contributed by atoms with Gasteiger partial charge in [-0.15, -0.1) is 0 Å². The monoisotopic (exact) mass is 341 g/mol. The highest BCUT2D eigenvalue weighted by Gasteiger charge is 2.34. The molecule has 2 amide bonds. The van der Waals surface area contributed by atoms with Gasteiger partial charge in [-0.3, -0.25) is 14.7 Å². The molecule has 0 bridgehead atoms. The molecule has 1 saturated heterocycles. The van der Waals surface area contributed by atoms with Crippen LogP contribution in [-0.2, 0) is 22.6 Å². The number of hydrogen-bond acceptors (Lipinski definition) is 4. The van der Waals surface area contributed by atoms with E-state index in [9.17, 15) is 9.59 Å². The van der Waals surface area contributed by atoms with Crippen LogP contribution in [0.5, 0.6) is 0 Å². The first-order valence-electron chi connectivity index (χ1n) is 8.80. The molecule has 2 aliphatic heterocycles. The quantitative estimate of drug-likeness (QED) is 0.801. The Morgan fingerprint density at radius 2 is 2.08 bits per heavy atom. The molecule has 7 nitrogen and oxygen atoms in total. The Labute approximate surface area is 146 Å². The third kappa shape index (κ3) is 2.78. The molecular weight excluding hydrogens is 318 g/mol. The van der Waals surface area contributed by atoms with Crippen molar-refractivity contribution in [1.82, 2.24) is 20.0 Å². The highest BCUT2D eigenvalue weighted by atomic mass is 16.2. The zero-order valence-corrected chi connectivity index (χ0v) is 14.4. The average Bonchev–Trinajstić information content (AvgIpc) is 3.04. The third-order valence-corrected chi connectivity index (χ3v) is 5.55. The number of nitrogens with two attached hydrogens (primary N) is 1. The number of fused-ring (bicyclic) bond motifs is 3. The molecule has 2 aliphatic rings. The van der Waals surface area contributed by atoms with E-state index < -0.39 is 6.04 Å². The van der Waals surface area contributed by atoms with Crippen LogP contribution in [0.2, 0.25) is 0 Å². The molecule has 4 rings (SSSR count).